The number of aromatic nitrogens is 2. The van der Waals surface area contributed by atoms with E-state index in [1.54, 1.807) is 12.1 Å². The van der Waals surface area contributed by atoms with Crippen molar-refractivity contribution in [3.8, 4) is 0 Å². The minimum Gasteiger partial charge on any atom is -0.545 e. The van der Waals surface area contributed by atoms with Crippen LogP contribution >= 0.6 is 27.7 Å². The monoisotopic (exact) mass is 412 g/mol. The molecule has 0 aliphatic carbocycles. The van der Waals surface area contributed by atoms with Crippen LogP contribution in [0.2, 0.25) is 0 Å². The molecule has 0 unspecified atom stereocenters. The smallest absolute Gasteiger partial charge is 0.264 e. The highest BCUT2D eigenvalue weighted by Crippen LogP contribution is 2.26. The zero-order chi connectivity index (χ0) is 16.6. The lowest BCUT2D eigenvalue weighted by atomic mass is 10.2. The molecule has 0 amide bonds. The summed E-state index contributed by atoms with van der Waals surface area (Å²) in [6.07, 6.45) is 0. The third kappa shape index (κ3) is 3.05. The van der Waals surface area contributed by atoms with Gasteiger partial charge in [0, 0.05) is 10.0 Å². The number of aromatic carboxylic acids is 1. The number of nitrogens with one attached hydrogen (secondary N) is 1. The van der Waals surface area contributed by atoms with Crippen molar-refractivity contribution in [1.29, 1.82) is 0 Å². The number of sulfonamides is 1. The van der Waals surface area contributed by atoms with Crippen molar-refractivity contribution < 1.29 is 18.3 Å². The number of carbonyl (C=O) groups excluding carboxylic acids is 1. The summed E-state index contributed by atoms with van der Waals surface area (Å²) in [5.41, 5.74) is 0.325. The number of rotatable bonds is 4. The molecule has 7 nitrogen and oxygen atoms in total. The minimum atomic E-state index is -4.03. The maximum atomic E-state index is 12.6. The van der Waals surface area contributed by atoms with E-state index in [4.69, 9.17) is 0 Å². The maximum absolute atomic E-state index is 12.6. The van der Waals surface area contributed by atoms with Crippen molar-refractivity contribution >= 4 is 60.4 Å². The third-order valence-corrected chi connectivity index (χ3v) is 5.42. The number of fused-ring (bicyclic) bond motifs is 1. The molecule has 118 valence electrons. The standard InChI is InChI=1S/C13H8BrN3O4S2/c14-7-4-5-9(8(6-7)13(18)19)17-23(20,21)11-3-1-2-10-12(11)16-22-15-10/h1-6,17H,(H,18,19)/p-1. The fourth-order valence-electron chi connectivity index (χ4n) is 1.97. The molecule has 0 saturated heterocycles. The van der Waals surface area contributed by atoms with E-state index in [1.165, 1.54) is 24.3 Å². The summed E-state index contributed by atoms with van der Waals surface area (Å²) >= 11 is 4.03. The Morgan fingerprint density at radius 3 is 2.74 bits per heavy atom. The molecule has 0 aliphatic heterocycles. The molecule has 0 spiro atoms. The summed E-state index contributed by atoms with van der Waals surface area (Å²) in [6, 6.07) is 8.69. The number of carboxylic acid groups (broad SMARTS) is 1. The fraction of sp³-hybridized carbons (Fsp3) is 0. The highest BCUT2D eigenvalue weighted by Gasteiger charge is 2.21. The van der Waals surface area contributed by atoms with Crippen LogP contribution in [-0.4, -0.2) is 23.1 Å². The number of carboxylic acids is 1. The van der Waals surface area contributed by atoms with Crippen molar-refractivity contribution in [3.05, 3.63) is 46.4 Å². The fourth-order valence-corrected chi connectivity index (χ4v) is 4.18. The van der Waals surface area contributed by atoms with Gasteiger partial charge in [-0.15, -0.1) is 0 Å². The van der Waals surface area contributed by atoms with Gasteiger partial charge in [-0.1, -0.05) is 22.0 Å². The third-order valence-electron chi connectivity index (χ3n) is 2.98. The van der Waals surface area contributed by atoms with Gasteiger partial charge in [0.05, 0.1) is 23.4 Å². The molecule has 0 aliphatic rings. The van der Waals surface area contributed by atoms with Crippen LogP contribution in [0.3, 0.4) is 0 Å². The van der Waals surface area contributed by atoms with E-state index in [0.29, 0.717) is 9.99 Å². The average Bonchev–Trinajstić information content (AvgIpc) is 2.96. The number of nitrogens with zero attached hydrogens (tertiary/aromatic N) is 2. The predicted molar refractivity (Wildman–Crippen MR) is 86.7 cm³/mol. The van der Waals surface area contributed by atoms with Crippen LogP contribution in [0.25, 0.3) is 11.0 Å². The molecule has 1 N–H and O–H groups in total. The Morgan fingerprint density at radius 1 is 1.22 bits per heavy atom. The molecule has 3 aromatic rings. The number of halogens is 1. The Labute approximate surface area is 143 Å². The van der Waals surface area contributed by atoms with Crippen LogP contribution in [0.1, 0.15) is 10.4 Å². The largest absolute Gasteiger partial charge is 0.545 e. The van der Waals surface area contributed by atoms with Crippen LogP contribution in [-0.2, 0) is 10.0 Å². The van der Waals surface area contributed by atoms with Crippen LogP contribution in [0, 0.1) is 0 Å². The van der Waals surface area contributed by atoms with E-state index in [9.17, 15) is 18.3 Å². The first-order valence-electron chi connectivity index (χ1n) is 6.13. The molecule has 0 fully saturated rings. The normalized spacial score (nSPS) is 11.5. The van der Waals surface area contributed by atoms with Gasteiger partial charge in [0.1, 0.15) is 15.9 Å². The highest BCUT2D eigenvalue weighted by atomic mass is 79.9. The van der Waals surface area contributed by atoms with Crippen LogP contribution in [0.5, 0.6) is 0 Å². The van der Waals surface area contributed by atoms with Gasteiger partial charge < -0.3 is 9.90 Å². The molecule has 3 rings (SSSR count). The zero-order valence-electron chi connectivity index (χ0n) is 11.2. The summed E-state index contributed by atoms with van der Waals surface area (Å²) in [7, 11) is -4.03. The number of hydrogen-bond donors (Lipinski definition) is 1. The lowest BCUT2D eigenvalue weighted by molar-refractivity contribution is -0.254. The second-order valence-electron chi connectivity index (χ2n) is 4.47. The second-order valence-corrected chi connectivity index (χ2v) is 7.57. The summed E-state index contributed by atoms with van der Waals surface area (Å²) in [6.45, 7) is 0. The predicted octanol–water partition coefficient (Wildman–Crippen LogP) is 1.62. The summed E-state index contributed by atoms with van der Waals surface area (Å²) in [5.74, 6) is -1.49. The first-order chi connectivity index (χ1) is 10.9. The van der Waals surface area contributed by atoms with E-state index in [0.717, 1.165) is 11.7 Å². The number of hydrogen-bond acceptors (Lipinski definition) is 7. The topological polar surface area (TPSA) is 112 Å². The number of benzene rings is 2. The Morgan fingerprint density at radius 2 is 2.00 bits per heavy atom. The Hall–Kier alpha value is -2.04. The van der Waals surface area contributed by atoms with Gasteiger partial charge in [-0.05, 0) is 30.3 Å². The molecule has 1 heterocycles. The SMILES string of the molecule is O=C([O-])c1cc(Br)ccc1NS(=O)(=O)c1cccc2nsnc12. The summed E-state index contributed by atoms with van der Waals surface area (Å²) < 4.78 is 35.9. The molecule has 0 radical (unpaired) electrons. The summed E-state index contributed by atoms with van der Waals surface area (Å²) in [4.78, 5) is 11.1. The van der Waals surface area contributed by atoms with Gasteiger partial charge in [0.25, 0.3) is 10.0 Å². The lowest BCUT2D eigenvalue weighted by Gasteiger charge is -2.13. The molecule has 2 aromatic carbocycles. The molecule has 0 bridgehead atoms. The Kier molecular flexibility index (Phi) is 4.04. The van der Waals surface area contributed by atoms with Crippen molar-refractivity contribution in [2.75, 3.05) is 4.72 Å². The Balaban J connectivity index is 2.09. The molecular formula is C13H7BrN3O4S2-. The Bertz CT molecular complexity index is 1020. The first-order valence-corrected chi connectivity index (χ1v) is 9.14. The van der Waals surface area contributed by atoms with Gasteiger partial charge in [-0.2, -0.15) is 8.75 Å². The lowest BCUT2D eigenvalue weighted by Crippen LogP contribution is -2.25. The van der Waals surface area contributed by atoms with Crippen molar-refractivity contribution in [2.45, 2.75) is 4.90 Å². The van der Waals surface area contributed by atoms with Crippen molar-refractivity contribution in [3.63, 3.8) is 0 Å². The van der Waals surface area contributed by atoms with Crippen LogP contribution < -0.4 is 9.83 Å². The van der Waals surface area contributed by atoms with Gasteiger partial charge in [0.2, 0.25) is 0 Å². The van der Waals surface area contributed by atoms with Crippen LogP contribution in [0.15, 0.2) is 45.8 Å². The minimum absolute atomic E-state index is 0.0732. The summed E-state index contributed by atoms with van der Waals surface area (Å²) in [5, 5.41) is 11.2. The second kappa shape index (κ2) is 5.87. The molecule has 0 atom stereocenters. The quantitative estimate of drug-likeness (QED) is 0.696. The van der Waals surface area contributed by atoms with Crippen molar-refractivity contribution in [1.82, 2.24) is 8.75 Å². The first kappa shape index (κ1) is 15.8. The van der Waals surface area contributed by atoms with E-state index < -0.39 is 16.0 Å². The molecule has 1 aromatic heterocycles. The molecule has 0 saturated carbocycles. The molecular weight excluding hydrogens is 406 g/mol. The van der Waals surface area contributed by atoms with E-state index in [1.807, 2.05) is 0 Å². The highest BCUT2D eigenvalue weighted by molar-refractivity contribution is 9.10. The van der Waals surface area contributed by atoms with Gasteiger partial charge >= 0.3 is 0 Å². The van der Waals surface area contributed by atoms with Gasteiger partial charge in [-0.25, -0.2) is 8.42 Å². The molecule has 23 heavy (non-hydrogen) atoms. The van der Waals surface area contributed by atoms with E-state index >= 15 is 0 Å². The average molecular weight is 413 g/mol. The van der Waals surface area contributed by atoms with E-state index in [2.05, 4.69) is 29.4 Å². The van der Waals surface area contributed by atoms with Crippen LogP contribution in [0.4, 0.5) is 5.69 Å². The number of carbonyl (C=O) groups is 1. The van der Waals surface area contributed by atoms with E-state index in [-0.39, 0.29) is 21.7 Å². The van der Waals surface area contributed by atoms with Gasteiger partial charge in [0.15, 0.2) is 0 Å². The number of anilines is 1. The molecule has 10 heteroatoms. The van der Waals surface area contributed by atoms with Crippen molar-refractivity contribution in [2.24, 2.45) is 0 Å². The zero-order valence-corrected chi connectivity index (χ0v) is 14.4. The van der Waals surface area contributed by atoms with Gasteiger partial charge in [-0.3, -0.25) is 4.72 Å². The maximum Gasteiger partial charge on any atom is 0.264 e.